The first-order valence-corrected chi connectivity index (χ1v) is 12.7. The summed E-state index contributed by atoms with van der Waals surface area (Å²) in [5.41, 5.74) is 1.88. The number of ether oxygens (including phenoxy) is 1. The molecule has 1 N–H and O–H groups in total. The summed E-state index contributed by atoms with van der Waals surface area (Å²) in [6.45, 7) is 21.4. The molecule has 0 radical (unpaired) electrons. The standard InChI is InChI=1S/C22H39NO3Si/c1-16-11-13-18(14-12-16)17(2)19(23-20(24)26-21(3,4)5)15-25-27(9,10)22(6,7)8/h11-14,17,19H,15H2,1-10H3,(H,23,24)/t17-,19+/m0/s1. The van der Waals surface area contributed by atoms with Crippen LogP contribution in [0.15, 0.2) is 24.3 Å². The average molecular weight is 394 g/mol. The Labute approximate surface area is 167 Å². The predicted octanol–water partition coefficient (Wildman–Crippen LogP) is 6.01. The van der Waals surface area contributed by atoms with Gasteiger partial charge in [-0.15, -0.1) is 0 Å². The number of hydrogen-bond donors (Lipinski definition) is 1. The molecule has 0 bridgehead atoms. The molecular weight excluding hydrogens is 354 g/mol. The maximum absolute atomic E-state index is 12.4. The number of carbonyl (C=O) groups is 1. The van der Waals surface area contributed by atoms with Crippen molar-refractivity contribution in [2.24, 2.45) is 0 Å². The van der Waals surface area contributed by atoms with Gasteiger partial charge in [0.1, 0.15) is 5.60 Å². The minimum atomic E-state index is -1.91. The molecule has 1 rings (SSSR count). The van der Waals surface area contributed by atoms with E-state index in [2.05, 4.69) is 77.3 Å². The first-order chi connectivity index (χ1) is 12.1. The van der Waals surface area contributed by atoms with Gasteiger partial charge in [0.2, 0.25) is 0 Å². The first-order valence-electron chi connectivity index (χ1n) is 9.82. The Bertz CT molecular complexity index is 612. The van der Waals surface area contributed by atoms with E-state index in [1.807, 2.05) is 20.8 Å². The summed E-state index contributed by atoms with van der Waals surface area (Å²) < 4.78 is 11.9. The summed E-state index contributed by atoms with van der Waals surface area (Å²) in [6, 6.07) is 8.29. The molecule has 5 heteroatoms. The third kappa shape index (κ3) is 7.66. The number of aryl methyl sites for hydroxylation is 1. The van der Waals surface area contributed by atoms with Crippen LogP contribution in [0.5, 0.6) is 0 Å². The van der Waals surface area contributed by atoms with Gasteiger partial charge in [0.15, 0.2) is 8.32 Å². The van der Waals surface area contributed by atoms with Gasteiger partial charge in [-0.05, 0) is 51.4 Å². The lowest BCUT2D eigenvalue weighted by Gasteiger charge is -2.38. The molecule has 0 spiro atoms. The number of amides is 1. The summed E-state index contributed by atoms with van der Waals surface area (Å²) in [5, 5.41) is 3.17. The summed E-state index contributed by atoms with van der Waals surface area (Å²) in [4.78, 5) is 12.4. The van der Waals surface area contributed by atoms with E-state index in [0.717, 1.165) is 0 Å². The van der Waals surface area contributed by atoms with E-state index in [0.29, 0.717) is 6.61 Å². The van der Waals surface area contributed by atoms with Crippen LogP contribution in [0.3, 0.4) is 0 Å². The second-order valence-electron chi connectivity index (χ2n) is 10.0. The van der Waals surface area contributed by atoms with Gasteiger partial charge in [0.25, 0.3) is 0 Å². The second-order valence-corrected chi connectivity index (χ2v) is 14.8. The Kier molecular flexibility index (Phi) is 7.71. The zero-order valence-corrected chi connectivity index (χ0v) is 19.9. The van der Waals surface area contributed by atoms with E-state index in [1.54, 1.807) is 0 Å². The van der Waals surface area contributed by atoms with Crippen molar-refractivity contribution in [2.75, 3.05) is 6.61 Å². The largest absolute Gasteiger partial charge is 0.444 e. The lowest BCUT2D eigenvalue weighted by Crippen LogP contribution is -2.48. The highest BCUT2D eigenvalue weighted by Crippen LogP contribution is 2.37. The van der Waals surface area contributed by atoms with Crippen molar-refractivity contribution < 1.29 is 14.0 Å². The van der Waals surface area contributed by atoms with E-state index in [4.69, 9.17) is 9.16 Å². The van der Waals surface area contributed by atoms with Crippen molar-refractivity contribution in [1.29, 1.82) is 0 Å². The van der Waals surface area contributed by atoms with Crippen molar-refractivity contribution in [1.82, 2.24) is 5.32 Å². The molecule has 154 valence electrons. The zero-order valence-electron chi connectivity index (χ0n) is 18.9. The van der Waals surface area contributed by atoms with Crippen LogP contribution in [0.1, 0.15) is 65.5 Å². The molecule has 1 aromatic carbocycles. The quantitative estimate of drug-likeness (QED) is 0.602. The fourth-order valence-corrected chi connectivity index (χ4v) is 3.42. The SMILES string of the molecule is Cc1ccc([C@H](C)[C@@H](CO[Si](C)(C)C(C)(C)C)NC(=O)OC(C)(C)C)cc1. The molecule has 0 aromatic heterocycles. The lowest BCUT2D eigenvalue weighted by molar-refractivity contribution is 0.0476. The maximum Gasteiger partial charge on any atom is 0.407 e. The molecule has 27 heavy (non-hydrogen) atoms. The van der Waals surface area contributed by atoms with Gasteiger partial charge in [-0.1, -0.05) is 57.5 Å². The fraction of sp³-hybridized carbons (Fsp3) is 0.682. The zero-order chi connectivity index (χ0) is 21.0. The van der Waals surface area contributed by atoms with Crippen LogP contribution in [-0.4, -0.2) is 32.7 Å². The summed E-state index contributed by atoms with van der Waals surface area (Å²) in [7, 11) is -1.91. The molecule has 0 aliphatic rings. The van der Waals surface area contributed by atoms with E-state index >= 15 is 0 Å². The first kappa shape index (κ1) is 23.7. The van der Waals surface area contributed by atoms with E-state index in [1.165, 1.54) is 11.1 Å². The average Bonchev–Trinajstić information content (AvgIpc) is 2.48. The smallest absolute Gasteiger partial charge is 0.407 e. The molecule has 0 fully saturated rings. The Morgan fingerprint density at radius 3 is 2.04 bits per heavy atom. The molecule has 1 amide bonds. The van der Waals surface area contributed by atoms with Gasteiger partial charge in [-0.2, -0.15) is 0 Å². The molecule has 0 aliphatic heterocycles. The van der Waals surface area contributed by atoms with Crippen LogP contribution < -0.4 is 5.32 Å². The highest BCUT2D eigenvalue weighted by atomic mass is 28.4. The topological polar surface area (TPSA) is 47.6 Å². The second kappa shape index (κ2) is 8.78. The van der Waals surface area contributed by atoms with Crippen LogP contribution >= 0.6 is 0 Å². The maximum atomic E-state index is 12.4. The van der Waals surface area contributed by atoms with Gasteiger partial charge >= 0.3 is 6.09 Å². The van der Waals surface area contributed by atoms with Gasteiger partial charge in [-0.3, -0.25) is 0 Å². The lowest BCUT2D eigenvalue weighted by atomic mass is 9.93. The van der Waals surface area contributed by atoms with Crippen LogP contribution in [0.25, 0.3) is 0 Å². The van der Waals surface area contributed by atoms with Crippen molar-refractivity contribution in [3.05, 3.63) is 35.4 Å². The van der Waals surface area contributed by atoms with Crippen molar-refractivity contribution in [3.63, 3.8) is 0 Å². The molecule has 4 nitrogen and oxygen atoms in total. The van der Waals surface area contributed by atoms with Crippen LogP contribution in [0, 0.1) is 6.92 Å². The van der Waals surface area contributed by atoms with Gasteiger partial charge in [0.05, 0.1) is 12.6 Å². The summed E-state index contributed by atoms with van der Waals surface area (Å²) in [6.07, 6.45) is -0.398. The Morgan fingerprint density at radius 1 is 1.07 bits per heavy atom. The molecule has 1 aromatic rings. The van der Waals surface area contributed by atoms with E-state index in [-0.39, 0.29) is 17.0 Å². The van der Waals surface area contributed by atoms with E-state index in [9.17, 15) is 4.79 Å². The Hall–Kier alpha value is -1.33. The van der Waals surface area contributed by atoms with Crippen molar-refractivity contribution in [3.8, 4) is 0 Å². The number of hydrogen-bond acceptors (Lipinski definition) is 3. The minimum absolute atomic E-state index is 0.114. The van der Waals surface area contributed by atoms with Crippen LogP contribution in [0.2, 0.25) is 18.1 Å². The normalized spacial score (nSPS) is 15.2. The summed E-state index contributed by atoms with van der Waals surface area (Å²) >= 11 is 0. The predicted molar refractivity (Wildman–Crippen MR) is 116 cm³/mol. The molecular formula is C22H39NO3Si. The third-order valence-electron chi connectivity index (χ3n) is 5.34. The van der Waals surface area contributed by atoms with Gasteiger partial charge in [0, 0.05) is 5.92 Å². The summed E-state index contributed by atoms with van der Waals surface area (Å²) in [5.74, 6) is 0.114. The number of nitrogens with one attached hydrogen (secondary N) is 1. The third-order valence-corrected chi connectivity index (χ3v) is 9.84. The number of benzene rings is 1. The molecule has 0 saturated heterocycles. The van der Waals surface area contributed by atoms with Crippen LogP contribution in [-0.2, 0) is 9.16 Å². The van der Waals surface area contributed by atoms with Crippen LogP contribution in [0.4, 0.5) is 4.79 Å². The van der Waals surface area contributed by atoms with Gasteiger partial charge < -0.3 is 14.5 Å². The minimum Gasteiger partial charge on any atom is -0.444 e. The van der Waals surface area contributed by atoms with E-state index < -0.39 is 20.0 Å². The van der Waals surface area contributed by atoms with Crippen molar-refractivity contribution in [2.45, 2.75) is 91.1 Å². The molecule has 2 atom stereocenters. The highest BCUT2D eigenvalue weighted by molar-refractivity contribution is 6.74. The Morgan fingerprint density at radius 2 is 1.59 bits per heavy atom. The monoisotopic (exact) mass is 393 g/mol. The fourth-order valence-electron chi connectivity index (χ4n) is 2.39. The number of carbonyl (C=O) groups excluding carboxylic acids is 1. The molecule has 0 saturated carbocycles. The van der Waals surface area contributed by atoms with Gasteiger partial charge in [-0.25, -0.2) is 4.79 Å². The molecule has 0 aliphatic carbocycles. The number of rotatable bonds is 6. The van der Waals surface area contributed by atoms with Crippen molar-refractivity contribution >= 4 is 14.4 Å². The molecule has 0 unspecified atom stereocenters. The highest BCUT2D eigenvalue weighted by Gasteiger charge is 2.38. The molecule has 0 heterocycles. The number of alkyl carbamates (subject to hydrolysis) is 1. The Balaban J connectivity index is 2.97.